The molecule has 1 fully saturated rings. The van der Waals surface area contributed by atoms with Crippen LogP contribution in [0.15, 0.2) is 42.5 Å². The van der Waals surface area contributed by atoms with Gasteiger partial charge in [-0.05, 0) is 54.2 Å². The first kappa shape index (κ1) is 14.9. The molecule has 1 aliphatic carbocycles. The van der Waals surface area contributed by atoms with Crippen molar-refractivity contribution in [2.24, 2.45) is 0 Å². The number of imide groups is 1. The number of methoxy groups -OCH3 is 1. The van der Waals surface area contributed by atoms with Crippen LogP contribution < -0.4 is 4.74 Å². The number of rotatable bonds is 5. The minimum atomic E-state index is -0.411. The second-order valence-corrected chi connectivity index (χ2v) is 6.06. The smallest absolute Gasteiger partial charge is 0.285 e. The van der Waals surface area contributed by atoms with E-state index in [1.54, 1.807) is 31.4 Å². The van der Waals surface area contributed by atoms with Crippen molar-refractivity contribution in [2.45, 2.75) is 25.4 Å². The van der Waals surface area contributed by atoms with E-state index in [1.165, 1.54) is 5.56 Å². The lowest BCUT2D eigenvalue weighted by molar-refractivity contribution is -0.101. The van der Waals surface area contributed by atoms with E-state index in [0.717, 1.165) is 29.2 Å². The van der Waals surface area contributed by atoms with Crippen LogP contribution in [0.5, 0.6) is 5.75 Å². The highest BCUT2D eigenvalue weighted by Gasteiger charge is 2.37. The summed E-state index contributed by atoms with van der Waals surface area (Å²) in [5.74, 6) is 0.454. The van der Waals surface area contributed by atoms with Crippen molar-refractivity contribution in [3.05, 3.63) is 64.7 Å². The predicted octanol–water partition coefficient (Wildman–Crippen LogP) is 3.30. The molecule has 2 aromatic rings. The van der Waals surface area contributed by atoms with Crippen LogP contribution >= 0.6 is 0 Å². The first-order valence-corrected chi connectivity index (χ1v) is 7.96. The van der Waals surface area contributed by atoms with E-state index in [4.69, 9.17) is 9.57 Å². The standard InChI is InChI=1S/C19H17NO4/c1-23-14-8-9-15(12-6-7-12)13(10-14)11-24-20-18(21)16-4-2-3-5-17(16)19(20)22/h2-5,8-10,12H,6-7,11H2,1H3. The van der Waals surface area contributed by atoms with Crippen LogP contribution in [0, 0.1) is 0 Å². The third-order valence-corrected chi connectivity index (χ3v) is 4.47. The number of carbonyl (C=O) groups excluding carboxylic acids is 2. The third kappa shape index (κ3) is 2.47. The number of hydrogen-bond donors (Lipinski definition) is 0. The molecule has 0 spiro atoms. The maximum absolute atomic E-state index is 12.3. The SMILES string of the molecule is COc1ccc(C2CC2)c(CON2C(=O)c3ccccc3C2=O)c1. The second-order valence-electron chi connectivity index (χ2n) is 6.06. The Hall–Kier alpha value is -2.66. The van der Waals surface area contributed by atoms with Crippen LogP contribution in [0.4, 0.5) is 0 Å². The van der Waals surface area contributed by atoms with E-state index in [2.05, 4.69) is 0 Å². The highest BCUT2D eigenvalue weighted by atomic mass is 16.7. The third-order valence-electron chi connectivity index (χ3n) is 4.47. The van der Waals surface area contributed by atoms with E-state index in [-0.39, 0.29) is 6.61 Å². The van der Waals surface area contributed by atoms with Gasteiger partial charge in [0, 0.05) is 0 Å². The zero-order valence-corrected chi connectivity index (χ0v) is 13.3. The van der Waals surface area contributed by atoms with Crippen molar-refractivity contribution >= 4 is 11.8 Å². The van der Waals surface area contributed by atoms with Crippen molar-refractivity contribution in [1.29, 1.82) is 0 Å². The van der Waals surface area contributed by atoms with Gasteiger partial charge in [0.25, 0.3) is 11.8 Å². The quantitative estimate of drug-likeness (QED) is 0.792. The van der Waals surface area contributed by atoms with E-state index in [1.807, 2.05) is 18.2 Å². The molecule has 0 aromatic heterocycles. The zero-order chi connectivity index (χ0) is 16.7. The van der Waals surface area contributed by atoms with Gasteiger partial charge in [-0.2, -0.15) is 0 Å². The summed E-state index contributed by atoms with van der Waals surface area (Å²) in [6, 6.07) is 12.6. The number of benzene rings is 2. The summed E-state index contributed by atoms with van der Waals surface area (Å²) in [4.78, 5) is 30.3. The van der Waals surface area contributed by atoms with Gasteiger partial charge in [0.05, 0.1) is 18.2 Å². The molecule has 122 valence electrons. The summed E-state index contributed by atoms with van der Waals surface area (Å²) < 4.78 is 5.27. The lowest BCUT2D eigenvalue weighted by Crippen LogP contribution is -2.29. The molecule has 2 aromatic carbocycles. The molecule has 1 saturated carbocycles. The Morgan fingerprint density at radius 1 is 1.04 bits per heavy atom. The number of ether oxygens (including phenoxy) is 1. The fraction of sp³-hybridized carbons (Fsp3) is 0.263. The predicted molar refractivity (Wildman–Crippen MR) is 86.7 cm³/mol. The maximum atomic E-state index is 12.3. The van der Waals surface area contributed by atoms with Gasteiger partial charge in [-0.1, -0.05) is 18.2 Å². The van der Waals surface area contributed by atoms with Crippen molar-refractivity contribution in [1.82, 2.24) is 5.06 Å². The normalized spacial score (nSPS) is 16.5. The molecule has 0 bridgehead atoms. The molecule has 0 saturated heterocycles. The topological polar surface area (TPSA) is 55.8 Å². The summed E-state index contributed by atoms with van der Waals surface area (Å²) >= 11 is 0. The van der Waals surface area contributed by atoms with Crippen LogP contribution in [-0.2, 0) is 11.4 Å². The van der Waals surface area contributed by atoms with Crippen molar-refractivity contribution in [3.63, 3.8) is 0 Å². The largest absolute Gasteiger partial charge is 0.497 e. The minimum Gasteiger partial charge on any atom is -0.497 e. The number of fused-ring (bicyclic) bond motifs is 1. The Balaban J connectivity index is 1.56. The van der Waals surface area contributed by atoms with Crippen LogP contribution in [0.25, 0.3) is 0 Å². The average Bonchev–Trinajstić information content (AvgIpc) is 3.43. The Morgan fingerprint density at radius 2 is 1.71 bits per heavy atom. The fourth-order valence-corrected chi connectivity index (χ4v) is 3.05. The molecule has 0 N–H and O–H groups in total. The van der Waals surface area contributed by atoms with Crippen LogP contribution in [0.1, 0.15) is 50.6 Å². The van der Waals surface area contributed by atoms with E-state index in [9.17, 15) is 9.59 Å². The molecule has 5 nitrogen and oxygen atoms in total. The molecule has 0 unspecified atom stereocenters. The van der Waals surface area contributed by atoms with E-state index in [0.29, 0.717) is 17.0 Å². The Labute approximate surface area is 139 Å². The number of hydroxylamine groups is 2. The monoisotopic (exact) mass is 323 g/mol. The number of amides is 2. The lowest BCUT2D eigenvalue weighted by atomic mass is 10.0. The van der Waals surface area contributed by atoms with Gasteiger partial charge >= 0.3 is 0 Å². The Bertz CT molecular complexity index is 791. The van der Waals surface area contributed by atoms with Gasteiger partial charge in [0.1, 0.15) is 12.4 Å². The molecule has 1 heterocycles. The molecular weight excluding hydrogens is 306 g/mol. The van der Waals surface area contributed by atoms with Crippen LogP contribution in [0.3, 0.4) is 0 Å². The molecule has 1 aliphatic heterocycles. The van der Waals surface area contributed by atoms with Gasteiger partial charge in [0.2, 0.25) is 0 Å². The zero-order valence-electron chi connectivity index (χ0n) is 13.3. The number of carbonyl (C=O) groups is 2. The van der Waals surface area contributed by atoms with Gasteiger partial charge in [-0.25, -0.2) is 0 Å². The number of hydrogen-bond acceptors (Lipinski definition) is 4. The Kier molecular flexibility index (Phi) is 3.58. The Morgan fingerprint density at radius 3 is 2.29 bits per heavy atom. The van der Waals surface area contributed by atoms with Crippen molar-refractivity contribution < 1.29 is 19.2 Å². The van der Waals surface area contributed by atoms with Crippen LogP contribution in [-0.4, -0.2) is 24.0 Å². The lowest BCUT2D eigenvalue weighted by Gasteiger charge is -2.16. The maximum Gasteiger partial charge on any atom is 0.285 e. The first-order valence-electron chi connectivity index (χ1n) is 7.96. The van der Waals surface area contributed by atoms with Gasteiger partial charge in [-0.3, -0.25) is 14.4 Å². The molecule has 5 heteroatoms. The fourth-order valence-electron chi connectivity index (χ4n) is 3.05. The summed E-state index contributed by atoms with van der Waals surface area (Å²) in [6.07, 6.45) is 2.32. The number of nitrogens with zero attached hydrogens (tertiary/aromatic N) is 1. The van der Waals surface area contributed by atoms with E-state index >= 15 is 0 Å². The molecule has 2 aliphatic rings. The summed E-state index contributed by atoms with van der Waals surface area (Å²) in [7, 11) is 1.61. The molecular formula is C19H17NO4. The average molecular weight is 323 g/mol. The molecule has 24 heavy (non-hydrogen) atoms. The van der Waals surface area contributed by atoms with Crippen LogP contribution in [0.2, 0.25) is 0 Å². The summed E-state index contributed by atoms with van der Waals surface area (Å²) in [6.45, 7) is 0.161. The minimum absolute atomic E-state index is 0.161. The molecule has 2 amide bonds. The molecule has 0 atom stereocenters. The second kappa shape index (κ2) is 5.76. The first-order chi connectivity index (χ1) is 11.7. The van der Waals surface area contributed by atoms with Gasteiger partial charge < -0.3 is 4.74 Å². The highest BCUT2D eigenvalue weighted by Crippen LogP contribution is 2.42. The molecule has 4 rings (SSSR count). The van der Waals surface area contributed by atoms with Crippen molar-refractivity contribution in [3.8, 4) is 5.75 Å². The highest BCUT2D eigenvalue weighted by molar-refractivity contribution is 6.20. The van der Waals surface area contributed by atoms with E-state index < -0.39 is 11.8 Å². The molecule has 0 radical (unpaired) electrons. The van der Waals surface area contributed by atoms with Gasteiger partial charge in [0.15, 0.2) is 0 Å². The van der Waals surface area contributed by atoms with Gasteiger partial charge in [-0.15, -0.1) is 5.06 Å². The van der Waals surface area contributed by atoms with Crippen molar-refractivity contribution in [2.75, 3.05) is 7.11 Å². The summed E-state index contributed by atoms with van der Waals surface area (Å²) in [5, 5.41) is 0.862. The summed E-state index contributed by atoms with van der Waals surface area (Å²) in [5.41, 5.74) is 2.92.